The minimum absolute atomic E-state index is 0.211. The third kappa shape index (κ3) is 2.10. The molecule has 0 radical (unpaired) electrons. The lowest BCUT2D eigenvalue weighted by Crippen LogP contribution is -2.41. The van der Waals surface area contributed by atoms with Gasteiger partial charge in [-0.05, 0) is 19.8 Å². The molecule has 2 heterocycles. The summed E-state index contributed by atoms with van der Waals surface area (Å²) in [6.45, 7) is 3.94. The van der Waals surface area contributed by atoms with Crippen molar-refractivity contribution in [3.05, 3.63) is 17.3 Å². The van der Waals surface area contributed by atoms with E-state index in [2.05, 4.69) is 4.98 Å². The molecule has 0 bridgehead atoms. The van der Waals surface area contributed by atoms with E-state index >= 15 is 0 Å². The van der Waals surface area contributed by atoms with Crippen LogP contribution in [0.2, 0.25) is 0 Å². The second-order valence-corrected chi connectivity index (χ2v) is 4.33. The van der Waals surface area contributed by atoms with Gasteiger partial charge in [-0.15, -0.1) is 0 Å². The van der Waals surface area contributed by atoms with Gasteiger partial charge in [0.25, 0.3) is 5.91 Å². The quantitative estimate of drug-likeness (QED) is 0.736. The lowest BCUT2D eigenvalue weighted by Gasteiger charge is -2.21. The van der Waals surface area contributed by atoms with Gasteiger partial charge in [0, 0.05) is 13.5 Å². The highest BCUT2D eigenvalue weighted by atomic mass is 16.5. The van der Waals surface area contributed by atoms with E-state index in [4.69, 9.17) is 9.15 Å². The molecular formula is C12H16N2O4. The predicted molar refractivity (Wildman–Crippen MR) is 62.1 cm³/mol. The van der Waals surface area contributed by atoms with E-state index in [9.17, 15) is 9.59 Å². The summed E-state index contributed by atoms with van der Waals surface area (Å²) < 4.78 is 10.0. The van der Waals surface area contributed by atoms with Crippen molar-refractivity contribution in [3.8, 4) is 0 Å². The lowest BCUT2D eigenvalue weighted by atomic mass is 10.2. The zero-order valence-corrected chi connectivity index (χ0v) is 10.7. The van der Waals surface area contributed by atoms with E-state index in [0.717, 1.165) is 6.42 Å². The van der Waals surface area contributed by atoms with Crippen LogP contribution in [0.15, 0.2) is 4.42 Å². The SMILES string of the molecule is COC(=O)C1CCCN1C(=O)c1oc(C)nc1C. The van der Waals surface area contributed by atoms with E-state index in [1.165, 1.54) is 12.0 Å². The molecule has 98 valence electrons. The average Bonchev–Trinajstić information content (AvgIpc) is 2.94. The highest BCUT2D eigenvalue weighted by Crippen LogP contribution is 2.22. The first-order chi connectivity index (χ1) is 8.54. The summed E-state index contributed by atoms with van der Waals surface area (Å²) in [7, 11) is 1.33. The summed E-state index contributed by atoms with van der Waals surface area (Å²) in [5.41, 5.74) is 0.549. The molecule has 1 aliphatic heterocycles. The number of likely N-dealkylation sites (tertiary alicyclic amines) is 1. The molecule has 1 aliphatic rings. The number of hydrogen-bond acceptors (Lipinski definition) is 5. The van der Waals surface area contributed by atoms with E-state index in [1.807, 2.05) is 0 Å². The molecular weight excluding hydrogens is 236 g/mol. The van der Waals surface area contributed by atoms with Crippen molar-refractivity contribution >= 4 is 11.9 Å². The predicted octanol–water partition coefficient (Wildman–Crippen LogP) is 1.07. The fourth-order valence-electron chi connectivity index (χ4n) is 2.25. The molecule has 0 aromatic carbocycles. The molecule has 6 nitrogen and oxygen atoms in total. The molecule has 0 N–H and O–H groups in total. The smallest absolute Gasteiger partial charge is 0.328 e. The van der Waals surface area contributed by atoms with Gasteiger partial charge in [0.15, 0.2) is 5.89 Å². The molecule has 1 fully saturated rings. The van der Waals surface area contributed by atoms with Gasteiger partial charge >= 0.3 is 5.97 Å². The Morgan fingerprint density at radius 1 is 1.44 bits per heavy atom. The van der Waals surface area contributed by atoms with Crippen molar-refractivity contribution in [1.82, 2.24) is 9.88 Å². The van der Waals surface area contributed by atoms with Crippen molar-refractivity contribution in [2.24, 2.45) is 0 Å². The second kappa shape index (κ2) is 4.80. The van der Waals surface area contributed by atoms with E-state index in [0.29, 0.717) is 24.6 Å². The monoisotopic (exact) mass is 252 g/mol. The third-order valence-corrected chi connectivity index (χ3v) is 3.08. The van der Waals surface area contributed by atoms with Gasteiger partial charge in [-0.25, -0.2) is 9.78 Å². The number of aromatic nitrogens is 1. The van der Waals surface area contributed by atoms with E-state index in [1.54, 1.807) is 13.8 Å². The molecule has 0 saturated carbocycles. The van der Waals surface area contributed by atoms with Crippen molar-refractivity contribution in [2.75, 3.05) is 13.7 Å². The van der Waals surface area contributed by atoms with Gasteiger partial charge in [0.05, 0.1) is 12.8 Å². The first-order valence-corrected chi connectivity index (χ1v) is 5.87. The van der Waals surface area contributed by atoms with Crippen LogP contribution in [0.4, 0.5) is 0 Å². The van der Waals surface area contributed by atoms with Crippen LogP contribution < -0.4 is 0 Å². The Kier molecular flexibility index (Phi) is 3.36. The van der Waals surface area contributed by atoms with Gasteiger partial charge in [-0.1, -0.05) is 0 Å². The van der Waals surface area contributed by atoms with Crippen LogP contribution in [-0.2, 0) is 9.53 Å². The highest BCUT2D eigenvalue weighted by molar-refractivity contribution is 5.95. The van der Waals surface area contributed by atoms with Crippen LogP contribution in [0.5, 0.6) is 0 Å². The maximum absolute atomic E-state index is 12.3. The number of oxazole rings is 1. The molecule has 2 rings (SSSR count). The van der Waals surface area contributed by atoms with Crippen LogP contribution in [0.25, 0.3) is 0 Å². The summed E-state index contributed by atoms with van der Waals surface area (Å²) in [4.78, 5) is 29.4. The Labute approximate surface area is 105 Å². The van der Waals surface area contributed by atoms with Gasteiger partial charge in [0.1, 0.15) is 6.04 Å². The van der Waals surface area contributed by atoms with Crippen LogP contribution in [0.3, 0.4) is 0 Å². The number of nitrogens with zero attached hydrogens (tertiary/aromatic N) is 2. The van der Waals surface area contributed by atoms with Crippen molar-refractivity contribution in [3.63, 3.8) is 0 Å². The molecule has 1 amide bonds. The Morgan fingerprint density at radius 2 is 2.17 bits per heavy atom. The first-order valence-electron chi connectivity index (χ1n) is 5.87. The second-order valence-electron chi connectivity index (χ2n) is 4.33. The Bertz CT molecular complexity index is 480. The number of rotatable bonds is 2. The Morgan fingerprint density at radius 3 is 2.72 bits per heavy atom. The molecule has 6 heteroatoms. The normalized spacial score (nSPS) is 19.1. The number of methoxy groups -OCH3 is 1. The summed E-state index contributed by atoms with van der Waals surface area (Å²) in [5, 5.41) is 0. The Balaban J connectivity index is 2.23. The summed E-state index contributed by atoms with van der Waals surface area (Å²) in [6, 6.07) is -0.507. The molecule has 1 unspecified atom stereocenters. The number of ether oxygens (including phenoxy) is 1. The first kappa shape index (κ1) is 12.6. The van der Waals surface area contributed by atoms with Crippen LogP contribution in [0, 0.1) is 13.8 Å². The zero-order valence-electron chi connectivity index (χ0n) is 10.7. The largest absolute Gasteiger partial charge is 0.467 e. The average molecular weight is 252 g/mol. The van der Waals surface area contributed by atoms with Crippen molar-refractivity contribution in [2.45, 2.75) is 32.7 Å². The number of aryl methyl sites for hydroxylation is 2. The number of carbonyl (C=O) groups excluding carboxylic acids is 2. The minimum atomic E-state index is -0.507. The lowest BCUT2D eigenvalue weighted by molar-refractivity contribution is -0.145. The minimum Gasteiger partial charge on any atom is -0.467 e. The van der Waals surface area contributed by atoms with Crippen LogP contribution >= 0.6 is 0 Å². The maximum atomic E-state index is 12.3. The molecule has 18 heavy (non-hydrogen) atoms. The van der Waals surface area contributed by atoms with E-state index in [-0.39, 0.29) is 17.6 Å². The molecule has 0 spiro atoms. The molecule has 1 aromatic rings. The number of hydrogen-bond donors (Lipinski definition) is 0. The van der Waals surface area contributed by atoms with Gasteiger partial charge in [0.2, 0.25) is 5.76 Å². The standard InChI is InChI=1S/C12H16N2O4/c1-7-10(18-8(2)13-7)11(15)14-6-4-5-9(14)12(16)17-3/h9H,4-6H2,1-3H3. The van der Waals surface area contributed by atoms with Crippen molar-refractivity contribution in [1.29, 1.82) is 0 Å². The van der Waals surface area contributed by atoms with Crippen LogP contribution in [-0.4, -0.2) is 41.5 Å². The van der Waals surface area contributed by atoms with Crippen molar-refractivity contribution < 1.29 is 18.7 Å². The van der Waals surface area contributed by atoms with Gasteiger partial charge < -0.3 is 14.1 Å². The highest BCUT2D eigenvalue weighted by Gasteiger charge is 2.37. The third-order valence-electron chi connectivity index (χ3n) is 3.08. The summed E-state index contributed by atoms with van der Waals surface area (Å²) in [6.07, 6.45) is 1.42. The molecule has 1 saturated heterocycles. The fourth-order valence-corrected chi connectivity index (χ4v) is 2.25. The molecule has 0 aliphatic carbocycles. The maximum Gasteiger partial charge on any atom is 0.328 e. The number of esters is 1. The number of amides is 1. The van der Waals surface area contributed by atoms with E-state index < -0.39 is 6.04 Å². The molecule has 1 atom stereocenters. The van der Waals surface area contributed by atoms with Gasteiger partial charge in [-0.2, -0.15) is 0 Å². The summed E-state index contributed by atoms with van der Waals surface area (Å²) >= 11 is 0. The van der Waals surface area contributed by atoms with Crippen LogP contribution in [0.1, 0.15) is 35.0 Å². The topological polar surface area (TPSA) is 72.6 Å². The zero-order chi connectivity index (χ0) is 13.3. The summed E-state index contributed by atoms with van der Waals surface area (Å²) in [5.74, 6) is -0.0105. The number of carbonyl (C=O) groups is 2. The fraction of sp³-hybridized carbons (Fsp3) is 0.583. The molecule has 1 aromatic heterocycles. The van der Waals surface area contributed by atoms with Gasteiger partial charge in [-0.3, -0.25) is 4.79 Å². The Hall–Kier alpha value is -1.85.